The number of hydrogen-bond acceptors (Lipinski definition) is 4. The first-order valence-electron chi connectivity index (χ1n) is 11.2. The van der Waals surface area contributed by atoms with Crippen LogP contribution < -0.4 is 5.73 Å². The third kappa shape index (κ3) is 4.22. The number of primary amides is 1. The van der Waals surface area contributed by atoms with Crippen LogP contribution in [0.25, 0.3) is 16.7 Å². The van der Waals surface area contributed by atoms with Gasteiger partial charge in [-0.25, -0.2) is 0 Å². The summed E-state index contributed by atoms with van der Waals surface area (Å²) < 4.78 is 0. The molecule has 2 aliphatic rings. The quantitative estimate of drug-likeness (QED) is 0.680. The van der Waals surface area contributed by atoms with Crippen molar-refractivity contribution in [2.75, 3.05) is 33.2 Å². The van der Waals surface area contributed by atoms with Crippen molar-refractivity contribution in [3.63, 3.8) is 0 Å². The summed E-state index contributed by atoms with van der Waals surface area (Å²) in [5.41, 5.74) is 14.1. The molecule has 1 aliphatic carbocycles. The molecule has 1 aliphatic heterocycles. The van der Waals surface area contributed by atoms with Crippen LogP contribution in [-0.4, -0.2) is 53.9 Å². The van der Waals surface area contributed by atoms with Gasteiger partial charge in [-0.3, -0.25) is 14.7 Å². The van der Waals surface area contributed by atoms with Gasteiger partial charge in [-0.2, -0.15) is 0 Å². The fourth-order valence-corrected chi connectivity index (χ4v) is 4.51. The second-order valence-corrected chi connectivity index (χ2v) is 8.76. The van der Waals surface area contributed by atoms with Crippen molar-refractivity contribution >= 4 is 11.5 Å². The third-order valence-electron chi connectivity index (χ3n) is 6.53. The molecule has 5 heteroatoms. The number of nitrogens with zero attached hydrogens (tertiary/aromatic N) is 3. The van der Waals surface area contributed by atoms with E-state index in [9.17, 15) is 4.79 Å². The first-order chi connectivity index (χ1) is 15.6. The number of rotatable bonds is 5. The minimum Gasteiger partial charge on any atom is -0.366 e. The molecule has 2 heterocycles. The van der Waals surface area contributed by atoms with Crippen molar-refractivity contribution in [3.05, 3.63) is 94.8 Å². The summed E-state index contributed by atoms with van der Waals surface area (Å²) in [6, 6.07) is 18.6. The van der Waals surface area contributed by atoms with Crippen LogP contribution in [0.2, 0.25) is 0 Å². The molecule has 0 saturated carbocycles. The molecule has 5 rings (SSSR count). The summed E-state index contributed by atoms with van der Waals surface area (Å²) in [7, 11) is 2.19. The third-order valence-corrected chi connectivity index (χ3v) is 6.53. The number of pyridine rings is 1. The molecule has 1 saturated heterocycles. The molecule has 0 radical (unpaired) electrons. The maximum Gasteiger partial charge on any atom is 0.248 e. The topological polar surface area (TPSA) is 62.5 Å². The molecule has 0 unspecified atom stereocenters. The molecule has 1 aromatic heterocycles. The Morgan fingerprint density at radius 1 is 0.938 bits per heavy atom. The van der Waals surface area contributed by atoms with E-state index in [1.807, 2.05) is 18.3 Å². The number of benzene rings is 2. The Bertz CT molecular complexity index is 1160. The van der Waals surface area contributed by atoms with E-state index in [0.717, 1.165) is 67.1 Å². The van der Waals surface area contributed by atoms with Crippen LogP contribution in [0.3, 0.4) is 0 Å². The van der Waals surface area contributed by atoms with E-state index in [-0.39, 0.29) is 0 Å². The van der Waals surface area contributed by atoms with Gasteiger partial charge >= 0.3 is 0 Å². The summed E-state index contributed by atoms with van der Waals surface area (Å²) in [5, 5.41) is 0. The van der Waals surface area contributed by atoms with Crippen LogP contribution in [0, 0.1) is 0 Å². The molecule has 3 aromatic rings. The SMILES string of the molecule is CN1CCN(Cc2ccc(-c3cnc4c(c3)C(c3ccc(C(N)=O)cc3)=CC4)cc2)CC1. The van der Waals surface area contributed by atoms with Gasteiger partial charge in [-0.05, 0) is 47.5 Å². The van der Waals surface area contributed by atoms with E-state index in [4.69, 9.17) is 10.7 Å². The maximum atomic E-state index is 11.4. The number of carbonyl (C=O) groups excluding carboxylic acids is 1. The fraction of sp³-hybridized carbons (Fsp3) is 0.259. The number of allylic oxidation sites excluding steroid dienone is 1. The van der Waals surface area contributed by atoms with Crippen molar-refractivity contribution < 1.29 is 4.79 Å². The summed E-state index contributed by atoms with van der Waals surface area (Å²) in [6.45, 7) is 5.54. The minimum absolute atomic E-state index is 0.405. The van der Waals surface area contributed by atoms with Crippen molar-refractivity contribution in [2.45, 2.75) is 13.0 Å². The lowest BCUT2D eigenvalue weighted by Gasteiger charge is -2.32. The van der Waals surface area contributed by atoms with E-state index in [2.05, 4.69) is 53.3 Å². The molecular weight excluding hydrogens is 396 g/mol. The van der Waals surface area contributed by atoms with Gasteiger partial charge in [0.25, 0.3) is 0 Å². The van der Waals surface area contributed by atoms with Crippen molar-refractivity contribution in [3.8, 4) is 11.1 Å². The Labute approximate surface area is 189 Å². The van der Waals surface area contributed by atoms with Crippen LogP contribution in [0.15, 0.2) is 66.9 Å². The Balaban J connectivity index is 1.34. The Morgan fingerprint density at radius 2 is 1.62 bits per heavy atom. The van der Waals surface area contributed by atoms with Crippen LogP contribution in [0.5, 0.6) is 0 Å². The predicted octanol–water partition coefficient (Wildman–Crippen LogP) is 3.58. The molecule has 1 fully saturated rings. The molecule has 2 aromatic carbocycles. The maximum absolute atomic E-state index is 11.4. The van der Waals surface area contributed by atoms with Gasteiger partial charge in [0.1, 0.15) is 0 Å². The van der Waals surface area contributed by atoms with Crippen LogP contribution >= 0.6 is 0 Å². The Morgan fingerprint density at radius 3 is 2.31 bits per heavy atom. The van der Waals surface area contributed by atoms with E-state index >= 15 is 0 Å². The summed E-state index contributed by atoms with van der Waals surface area (Å²) in [5.74, 6) is -0.405. The molecule has 32 heavy (non-hydrogen) atoms. The zero-order valence-corrected chi connectivity index (χ0v) is 18.4. The highest BCUT2D eigenvalue weighted by Crippen LogP contribution is 2.34. The predicted molar refractivity (Wildman–Crippen MR) is 128 cm³/mol. The highest BCUT2D eigenvalue weighted by atomic mass is 16.1. The first-order valence-corrected chi connectivity index (χ1v) is 11.2. The lowest BCUT2D eigenvalue weighted by Crippen LogP contribution is -2.43. The van der Waals surface area contributed by atoms with Gasteiger partial charge in [-0.15, -0.1) is 0 Å². The van der Waals surface area contributed by atoms with Gasteiger partial charge in [0, 0.05) is 62.0 Å². The number of likely N-dealkylation sites (N-methyl/N-ethyl adjacent to an activating group) is 1. The highest BCUT2D eigenvalue weighted by molar-refractivity contribution is 5.94. The second-order valence-electron chi connectivity index (χ2n) is 8.76. The van der Waals surface area contributed by atoms with Crippen LogP contribution in [-0.2, 0) is 13.0 Å². The highest BCUT2D eigenvalue weighted by Gasteiger charge is 2.18. The van der Waals surface area contributed by atoms with E-state index in [1.165, 1.54) is 11.1 Å². The average Bonchev–Trinajstić information content (AvgIpc) is 3.24. The van der Waals surface area contributed by atoms with E-state index in [1.54, 1.807) is 12.1 Å². The Kier molecular flexibility index (Phi) is 5.60. The van der Waals surface area contributed by atoms with Crippen LogP contribution in [0.4, 0.5) is 0 Å². The molecule has 0 atom stereocenters. The number of carbonyl (C=O) groups is 1. The summed E-state index contributed by atoms with van der Waals surface area (Å²) >= 11 is 0. The Hall–Kier alpha value is -3.28. The second kappa shape index (κ2) is 8.69. The summed E-state index contributed by atoms with van der Waals surface area (Å²) in [4.78, 5) is 21.0. The largest absolute Gasteiger partial charge is 0.366 e. The van der Waals surface area contributed by atoms with Crippen molar-refractivity contribution in [1.29, 1.82) is 0 Å². The number of hydrogen-bond donors (Lipinski definition) is 1. The number of fused-ring (bicyclic) bond motifs is 1. The van der Waals surface area contributed by atoms with Crippen LogP contribution in [0.1, 0.15) is 32.7 Å². The smallest absolute Gasteiger partial charge is 0.248 e. The summed E-state index contributed by atoms with van der Waals surface area (Å²) in [6.07, 6.45) is 5.01. The molecule has 0 bridgehead atoms. The molecule has 0 spiro atoms. The van der Waals surface area contributed by atoms with Gasteiger partial charge in [0.15, 0.2) is 0 Å². The zero-order valence-electron chi connectivity index (χ0n) is 18.4. The van der Waals surface area contributed by atoms with E-state index < -0.39 is 5.91 Å². The molecule has 5 nitrogen and oxygen atoms in total. The van der Waals surface area contributed by atoms with Gasteiger partial charge in [0.05, 0.1) is 5.69 Å². The molecule has 162 valence electrons. The first kappa shape index (κ1) is 20.6. The monoisotopic (exact) mass is 424 g/mol. The molecule has 1 amide bonds. The molecule has 2 N–H and O–H groups in total. The van der Waals surface area contributed by atoms with E-state index in [0.29, 0.717) is 5.56 Å². The normalized spacial score (nSPS) is 16.6. The zero-order chi connectivity index (χ0) is 22.1. The lowest BCUT2D eigenvalue weighted by molar-refractivity contribution is 0.100. The minimum atomic E-state index is -0.405. The molecular formula is C27H28N4O. The van der Waals surface area contributed by atoms with Gasteiger partial charge < -0.3 is 10.6 Å². The fourth-order valence-electron chi connectivity index (χ4n) is 4.51. The lowest BCUT2D eigenvalue weighted by atomic mass is 9.97. The van der Waals surface area contributed by atoms with Gasteiger partial charge in [0.2, 0.25) is 5.91 Å². The standard InChI is InChI=1S/C27H28N4O/c1-30-12-14-31(15-13-30)18-19-2-4-20(5-3-19)23-16-25-24(10-11-26(25)29-17-23)21-6-8-22(9-7-21)27(28)32/h2-10,16-17H,11-15,18H2,1H3,(H2,28,32). The number of nitrogens with two attached hydrogens (primary N) is 1. The van der Waals surface area contributed by atoms with Crippen molar-refractivity contribution in [2.24, 2.45) is 5.73 Å². The van der Waals surface area contributed by atoms with Gasteiger partial charge in [-0.1, -0.05) is 42.5 Å². The number of amides is 1. The van der Waals surface area contributed by atoms with Crippen molar-refractivity contribution in [1.82, 2.24) is 14.8 Å². The number of aromatic nitrogens is 1. The number of piperazine rings is 1. The average molecular weight is 425 g/mol.